The summed E-state index contributed by atoms with van der Waals surface area (Å²) < 4.78 is 0. The van der Waals surface area contributed by atoms with E-state index < -0.39 is 0 Å². The number of aryl methyl sites for hydroxylation is 1. The van der Waals surface area contributed by atoms with Crippen LogP contribution in [0.4, 0.5) is 5.13 Å². The minimum atomic E-state index is 0.175. The highest BCUT2D eigenvalue weighted by atomic mass is 32.1. The maximum atomic E-state index is 12.2. The SMILES string of the molecule is Cc1nc(CC(=O)N2CCN(c3nccs3)CC2)cs1. The summed E-state index contributed by atoms with van der Waals surface area (Å²) in [5.41, 5.74) is 0.889. The van der Waals surface area contributed by atoms with E-state index >= 15 is 0 Å². The fourth-order valence-corrected chi connectivity index (χ4v) is 3.58. The average Bonchev–Trinajstić information content (AvgIpc) is 3.11. The zero-order valence-corrected chi connectivity index (χ0v) is 12.9. The lowest BCUT2D eigenvalue weighted by atomic mass is 10.2. The first-order chi connectivity index (χ1) is 9.72. The molecule has 7 heteroatoms. The third-order valence-corrected chi connectivity index (χ3v) is 4.98. The van der Waals surface area contributed by atoms with Gasteiger partial charge in [0.1, 0.15) is 0 Å². The van der Waals surface area contributed by atoms with E-state index in [1.165, 1.54) is 0 Å². The topological polar surface area (TPSA) is 49.3 Å². The molecule has 0 unspecified atom stereocenters. The van der Waals surface area contributed by atoms with E-state index in [0.717, 1.165) is 42.0 Å². The van der Waals surface area contributed by atoms with Gasteiger partial charge in [-0.15, -0.1) is 22.7 Å². The Labute approximate surface area is 125 Å². The van der Waals surface area contributed by atoms with E-state index in [-0.39, 0.29) is 5.91 Å². The van der Waals surface area contributed by atoms with Crippen molar-refractivity contribution < 1.29 is 4.79 Å². The van der Waals surface area contributed by atoms with Crippen molar-refractivity contribution in [2.75, 3.05) is 31.1 Å². The Kier molecular flexibility index (Phi) is 3.98. The highest BCUT2D eigenvalue weighted by molar-refractivity contribution is 7.13. The number of carbonyl (C=O) groups is 1. The smallest absolute Gasteiger partial charge is 0.228 e. The van der Waals surface area contributed by atoms with Crippen LogP contribution < -0.4 is 4.90 Å². The molecular formula is C13H16N4OS2. The molecule has 2 aromatic heterocycles. The molecule has 0 saturated carbocycles. The van der Waals surface area contributed by atoms with Gasteiger partial charge in [-0.3, -0.25) is 4.79 Å². The van der Waals surface area contributed by atoms with E-state index in [9.17, 15) is 4.79 Å². The van der Waals surface area contributed by atoms with E-state index in [1.807, 2.05) is 28.8 Å². The third-order valence-electron chi connectivity index (χ3n) is 3.32. The molecule has 1 aliphatic heterocycles. The zero-order chi connectivity index (χ0) is 13.9. The highest BCUT2D eigenvalue weighted by Crippen LogP contribution is 2.19. The van der Waals surface area contributed by atoms with Crippen LogP contribution in [0.3, 0.4) is 0 Å². The van der Waals surface area contributed by atoms with Crippen LogP contribution in [0, 0.1) is 6.92 Å². The van der Waals surface area contributed by atoms with Gasteiger partial charge in [0, 0.05) is 43.1 Å². The van der Waals surface area contributed by atoms with Crippen LogP contribution in [-0.4, -0.2) is 47.0 Å². The summed E-state index contributed by atoms with van der Waals surface area (Å²) >= 11 is 3.24. The van der Waals surface area contributed by atoms with Gasteiger partial charge in [-0.05, 0) is 6.92 Å². The molecule has 20 heavy (non-hydrogen) atoms. The second-order valence-electron chi connectivity index (χ2n) is 4.72. The van der Waals surface area contributed by atoms with E-state index in [1.54, 1.807) is 22.7 Å². The van der Waals surface area contributed by atoms with Crippen LogP contribution in [0.1, 0.15) is 10.7 Å². The van der Waals surface area contributed by atoms with E-state index in [2.05, 4.69) is 14.9 Å². The van der Waals surface area contributed by atoms with Gasteiger partial charge in [0.15, 0.2) is 5.13 Å². The number of rotatable bonds is 3. The summed E-state index contributed by atoms with van der Waals surface area (Å²) in [6.07, 6.45) is 2.24. The Morgan fingerprint density at radius 2 is 2.10 bits per heavy atom. The van der Waals surface area contributed by atoms with Crippen molar-refractivity contribution in [2.24, 2.45) is 0 Å². The molecular weight excluding hydrogens is 292 g/mol. The Bertz CT molecular complexity index is 573. The van der Waals surface area contributed by atoms with Gasteiger partial charge in [0.25, 0.3) is 0 Å². The van der Waals surface area contributed by atoms with Gasteiger partial charge in [0.05, 0.1) is 17.1 Å². The number of nitrogens with zero attached hydrogens (tertiary/aromatic N) is 4. The van der Waals surface area contributed by atoms with Crippen molar-refractivity contribution in [3.63, 3.8) is 0 Å². The summed E-state index contributed by atoms with van der Waals surface area (Å²) in [6, 6.07) is 0. The number of aromatic nitrogens is 2. The summed E-state index contributed by atoms with van der Waals surface area (Å²) in [4.78, 5) is 25.1. The van der Waals surface area contributed by atoms with Gasteiger partial charge in [0.2, 0.25) is 5.91 Å². The van der Waals surface area contributed by atoms with Crippen molar-refractivity contribution in [1.82, 2.24) is 14.9 Å². The molecule has 0 aromatic carbocycles. The Morgan fingerprint density at radius 1 is 1.30 bits per heavy atom. The van der Waals surface area contributed by atoms with Crippen LogP contribution in [0.25, 0.3) is 0 Å². The predicted molar refractivity (Wildman–Crippen MR) is 81.5 cm³/mol. The van der Waals surface area contributed by atoms with Gasteiger partial charge < -0.3 is 9.80 Å². The van der Waals surface area contributed by atoms with Crippen molar-refractivity contribution >= 4 is 33.7 Å². The van der Waals surface area contributed by atoms with Gasteiger partial charge in [-0.2, -0.15) is 0 Å². The Hall–Kier alpha value is -1.47. The van der Waals surface area contributed by atoms with Gasteiger partial charge in [-0.25, -0.2) is 9.97 Å². The molecule has 0 bridgehead atoms. The molecule has 0 N–H and O–H groups in total. The van der Waals surface area contributed by atoms with Crippen LogP contribution in [-0.2, 0) is 11.2 Å². The maximum Gasteiger partial charge on any atom is 0.228 e. The molecule has 5 nitrogen and oxygen atoms in total. The first-order valence-electron chi connectivity index (χ1n) is 6.55. The summed E-state index contributed by atoms with van der Waals surface area (Å²) in [5, 5.41) is 6.02. The standard InChI is InChI=1S/C13H16N4OS2/c1-10-15-11(9-20-10)8-12(18)16-3-5-17(6-4-16)13-14-2-7-19-13/h2,7,9H,3-6,8H2,1H3. The van der Waals surface area contributed by atoms with Crippen LogP contribution in [0.15, 0.2) is 17.0 Å². The summed E-state index contributed by atoms with van der Waals surface area (Å²) in [7, 11) is 0. The minimum Gasteiger partial charge on any atom is -0.345 e. The largest absolute Gasteiger partial charge is 0.345 e. The lowest BCUT2D eigenvalue weighted by Gasteiger charge is -2.34. The lowest BCUT2D eigenvalue weighted by molar-refractivity contribution is -0.130. The number of anilines is 1. The molecule has 3 rings (SSSR count). The Balaban J connectivity index is 1.54. The van der Waals surface area contributed by atoms with Crippen molar-refractivity contribution in [3.05, 3.63) is 27.7 Å². The highest BCUT2D eigenvalue weighted by Gasteiger charge is 2.22. The maximum absolute atomic E-state index is 12.2. The first-order valence-corrected chi connectivity index (χ1v) is 8.31. The monoisotopic (exact) mass is 308 g/mol. The molecule has 0 atom stereocenters. The Morgan fingerprint density at radius 3 is 2.70 bits per heavy atom. The minimum absolute atomic E-state index is 0.175. The average molecular weight is 308 g/mol. The molecule has 1 saturated heterocycles. The molecule has 1 fully saturated rings. The molecule has 3 heterocycles. The third kappa shape index (κ3) is 2.99. The fraction of sp³-hybridized carbons (Fsp3) is 0.462. The van der Waals surface area contributed by atoms with Crippen molar-refractivity contribution in [3.8, 4) is 0 Å². The van der Waals surface area contributed by atoms with Crippen molar-refractivity contribution in [2.45, 2.75) is 13.3 Å². The first kappa shape index (κ1) is 13.5. The molecule has 106 valence electrons. The normalized spacial score (nSPS) is 15.7. The van der Waals surface area contributed by atoms with Crippen molar-refractivity contribution in [1.29, 1.82) is 0 Å². The molecule has 0 aliphatic carbocycles. The number of amides is 1. The molecule has 1 amide bonds. The van der Waals surface area contributed by atoms with Crippen LogP contribution in [0.2, 0.25) is 0 Å². The number of piperazine rings is 1. The number of thiazole rings is 2. The van der Waals surface area contributed by atoms with E-state index in [4.69, 9.17) is 0 Å². The van der Waals surface area contributed by atoms with Crippen LogP contribution in [0.5, 0.6) is 0 Å². The lowest BCUT2D eigenvalue weighted by Crippen LogP contribution is -2.49. The zero-order valence-electron chi connectivity index (χ0n) is 11.3. The number of hydrogen-bond donors (Lipinski definition) is 0. The molecule has 1 aliphatic rings. The van der Waals surface area contributed by atoms with Gasteiger partial charge in [-0.1, -0.05) is 0 Å². The molecule has 2 aromatic rings. The van der Waals surface area contributed by atoms with Gasteiger partial charge >= 0.3 is 0 Å². The second kappa shape index (κ2) is 5.88. The molecule has 0 radical (unpaired) electrons. The summed E-state index contributed by atoms with van der Waals surface area (Å²) in [5.74, 6) is 0.175. The number of carbonyl (C=O) groups excluding carboxylic acids is 1. The second-order valence-corrected chi connectivity index (χ2v) is 6.65. The quantitative estimate of drug-likeness (QED) is 0.867. The number of hydrogen-bond acceptors (Lipinski definition) is 6. The fourth-order valence-electron chi connectivity index (χ4n) is 2.28. The predicted octanol–water partition coefficient (Wildman–Crippen LogP) is 1.80. The molecule has 0 spiro atoms. The van der Waals surface area contributed by atoms with E-state index in [0.29, 0.717) is 6.42 Å². The van der Waals surface area contributed by atoms with Crippen LogP contribution >= 0.6 is 22.7 Å². The summed E-state index contributed by atoms with van der Waals surface area (Å²) in [6.45, 7) is 5.21.